The Morgan fingerprint density at radius 2 is 0.955 bits per heavy atom. The molecule has 0 aliphatic rings. The smallest absolute Gasteiger partial charge is 0.0819 e. The molecule has 22 heavy (non-hydrogen) atoms. The average molecular weight is 395 g/mol. The number of nitrogens with zero attached hydrogens (tertiary/aromatic N) is 4. The third-order valence-electron chi connectivity index (χ3n) is 1.66. The van der Waals surface area contributed by atoms with E-state index in [-0.39, 0.29) is 24.7 Å². The van der Waals surface area contributed by atoms with E-state index in [9.17, 15) is 0 Å². The Hall–Kier alpha value is 0.208. The summed E-state index contributed by atoms with van der Waals surface area (Å²) in [6.45, 7) is 23.1. The summed E-state index contributed by atoms with van der Waals surface area (Å²) in [7, 11) is 0. The van der Waals surface area contributed by atoms with Gasteiger partial charge in [-0.2, -0.15) is 0 Å². The zero-order valence-electron chi connectivity index (χ0n) is 16.9. The van der Waals surface area contributed by atoms with E-state index in [0.717, 1.165) is 0 Å². The molecule has 0 heterocycles. The number of rotatable bonds is 4. The monoisotopic (exact) mass is 397 g/mol. The molecular weight excluding hydrogens is 356 g/mol. The summed E-state index contributed by atoms with van der Waals surface area (Å²) in [5.41, 5.74) is 0.216. The Bertz CT molecular complexity index is 291. The van der Waals surface area contributed by atoms with Crippen molar-refractivity contribution in [2.75, 3.05) is 0 Å². The third-order valence-corrected chi connectivity index (χ3v) is 4.75. The fraction of sp³-hybridized carbons (Fsp3) is 0.941. The van der Waals surface area contributed by atoms with Crippen molar-refractivity contribution in [1.82, 2.24) is 0 Å². The molecule has 0 amide bonds. The minimum Gasteiger partial charge on any atom is -0.676 e. The summed E-state index contributed by atoms with van der Waals surface area (Å²) in [5.74, 6) is 0. The second-order valence-corrected chi connectivity index (χ2v) is 9.02. The molecule has 0 aliphatic carbocycles. The van der Waals surface area contributed by atoms with Gasteiger partial charge in [-0.05, 0) is 0 Å². The molecular formula is C17H39MoN4-3. The van der Waals surface area contributed by atoms with Crippen molar-refractivity contribution in [2.45, 2.75) is 105 Å². The Morgan fingerprint density at radius 3 is 1.14 bits per heavy atom. The van der Waals surface area contributed by atoms with Gasteiger partial charge in [0.2, 0.25) is 0 Å². The van der Waals surface area contributed by atoms with Gasteiger partial charge in [-0.15, -0.1) is 19.0 Å². The molecule has 4 nitrogen and oxygen atoms in total. The normalized spacial score (nSPS) is 11.7. The van der Waals surface area contributed by atoms with Crippen molar-refractivity contribution in [3.63, 3.8) is 0 Å². The predicted molar refractivity (Wildman–Crippen MR) is 97.2 cm³/mol. The zero-order chi connectivity index (χ0) is 17.3. The van der Waals surface area contributed by atoms with Gasteiger partial charge in [0.25, 0.3) is 0 Å². The summed E-state index contributed by atoms with van der Waals surface area (Å²) < 4.78 is 9.01. The summed E-state index contributed by atoms with van der Waals surface area (Å²) in [6.07, 6.45) is 0.167. The van der Waals surface area contributed by atoms with Crippen LogP contribution in [-0.2, 0) is 18.2 Å². The molecule has 0 bridgehead atoms. The van der Waals surface area contributed by atoms with Gasteiger partial charge >= 0.3 is 77.8 Å². The van der Waals surface area contributed by atoms with E-state index in [2.05, 4.69) is 86.9 Å². The van der Waals surface area contributed by atoms with Crippen molar-refractivity contribution in [1.29, 1.82) is 0 Å². The Balaban J connectivity index is -0.000000315. The van der Waals surface area contributed by atoms with E-state index < -0.39 is 18.2 Å². The van der Waals surface area contributed by atoms with Crippen LogP contribution < -0.4 is 0 Å². The predicted octanol–water partition coefficient (Wildman–Crippen LogP) is 6.38. The minimum atomic E-state index is -0.473. The van der Waals surface area contributed by atoms with E-state index >= 15 is 0 Å². The Kier molecular flexibility index (Phi) is 15.5. The van der Waals surface area contributed by atoms with Crippen LogP contribution in [0.2, 0.25) is 0 Å². The maximum absolute atomic E-state index is 4.51. The van der Waals surface area contributed by atoms with E-state index in [1.165, 1.54) is 0 Å². The van der Waals surface area contributed by atoms with Crippen LogP contribution in [0.25, 0.3) is 10.6 Å². The van der Waals surface area contributed by atoms with Crippen molar-refractivity contribution in [3.05, 3.63) is 18.1 Å². The molecule has 0 aromatic rings. The summed E-state index contributed by atoms with van der Waals surface area (Å²) in [4.78, 5) is 0. The Morgan fingerprint density at radius 1 is 0.682 bits per heavy atom. The van der Waals surface area contributed by atoms with Crippen molar-refractivity contribution in [2.24, 2.45) is 6.99 Å². The zero-order valence-corrected chi connectivity index (χ0v) is 18.9. The molecule has 5 heteroatoms. The maximum atomic E-state index is 4.51. The van der Waals surface area contributed by atoms with Crippen LogP contribution in [0.5, 0.6) is 0 Å². The van der Waals surface area contributed by atoms with Gasteiger partial charge in [0.05, 0.1) is 0 Å². The van der Waals surface area contributed by atoms with Crippen LogP contribution in [0.4, 0.5) is 0 Å². The first-order valence-corrected chi connectivity index (χ1v) is 9.53. The molecule has 0 aromatic heterocycles. The van der Waals surface area contributed by atoms with Crippen molar-refractivity contribution >= 4 is 0 Å². The first kappa shape index (κ1) is 27.1. The standard InChI is InChI=1S/C8H18N2.2C4H9N.CH3.Mo/c1-6(2)9-8(5)10-7(3)4;2*1-4(2,3)5;;/h6-8H,1-5H3;2*1-3H3;1H3;/q-2;;;-1;. The molecule has 0 radical (unpaired) electrons. The third kappa shape index (κ3) is 28.4. The molecule has 0 aromatic carbocycles. The van der Waals surface area contributed by atoms with Gasteiger partial charge in [0, 0.05) is 0 Å². The van der Waals surface area contributed by atoms with E-state index in [0.29, 0.717) is 12.1 Å². The van der Waals surface area contributed by atoms with Crippen LogP contribution in [-0.4, -0.2) is 29.3 Å². The van der Waals surface area contributed by atoms with E-state index in [1.807, 2.05) is 6.92 Å². The largest absolute Gasteiger partial charge is 0.676 e. The quantitative estimate of drug-likeness (QED) is 0.392. The SMILES string of the molecule is CC(C)(C)[N]=[Mo]=[N]C(C)(C)C.CC(C)[N-]C(C)[N-]C(C)C.[CH3-]. The van der Waals surface area contributed by atoms with Gasteiger partial charge in [-0.3, -0.25) is 0 Å². The molecule has 0 N–H and O–H groups in total. The summed E-state index contributed by atoms with van der Waals surface area (Å²) in [5, 5.41) is 8.70. The second-order valence-electron chi connectivity index (χ2n) is 7.72. The number of hydrogen-bond donors (Lipinski definition) is 0. The van der Waals surface area contributed by atoms with Gasteiger partial charge < -0.3 is 18.1 Å². The van der Waals surface area contributed by atoms with Gasteiger partial charge in [-0.25, -0.2) is 6.17 Å². The van der Waals surface area contributed by atoms with Crippen molar-refractivity contribution < 1.29 is 18.2 Å². The van der Waals surface area contributed by atoms with Crippen LogP contribution >= 0.6 is 0 Å². The van der Waals surface area contributed by atoms with E-state index in [4.69, 9.17) is 0 Å². The molecule has 0 unspecified atom stereocenters. The number of hydrogen-bond acceptors (Lipinski definition) is 2. The summed E-state index contributed by atoms with van der Waals surface area (Å²) >= 11 is -0.473. The minimum absolute atomic E-state index is 0. The fourth-order valence-electron chi connectivity index (χ4n) is 1.17. The fourth-order valence-corrected chi connectivity index (χ4v) is 2.47. The van der Waals surface area contributed by atoms with Crippen molar-refractivity contribution in [3.8, 4) is 0 Å². The van der Waals surface area contributed by atoms with Crippen LogP contribution in [0, 0.1) is 7.43 Å². The maximum Gasteiger partial charge on any atom is -0.0819 e. The van der Waals surface area contributed by atoms with E-state index in [1.54, 1.807) is 0 Å². The Labute approximate surface area is 148 Å². The van der Waals surface area contributed by atoms with Gasteiger partial charge in [0.1, 0.15) is 0 Å². The first-order valence-electron chi connectivity index (χ1n) is 7.73. The molecule has 0 atom stereocenters. The van der Waals surface area contributed by atoms with Crippen LogP contribution in [0.1, 0.15) is 76.2 Å². The molecule has 0 saturated heterocycles. The second kappa shape index (κ2) is 12.6. The molecule has 0 aliphatic heterocycles. The van der Waals surface area contributed by atoms with Crippen LogP contribution in [0.15, 0.2) is 6.99 Å². The average Bonchev–Trinajstić information content (AvgIpc) is 2.10. The molecule has 0 spiro atoms. The first-order chi connectivity index (χ1) is 9.23. The van der Waals surface area contributed by atoms with Gasteiger partial charge in [0.15, 0.2) is 0 Å². The molecule has 0 rings (SSSR count). The van der Waals surface area contributed by atoms with Crippen LogP contribution in [0.3, 0.4) is 0 Å². The van der Waals surface area contributed by atoms with Gasteiger partial charge in [-0.1, -0.05) is 27.7 Å². The summed E-state index contributed by atoms with van der Waals surface area (Å²) in [6, 6.07) is 0.801. The molecule has 0 fully saturated rings. The topological polar surface area (TPSA) is 52.9 Å². The molecule has 0 saturated carbocycles. The molecule has 136 valence electrons.